The summed E-state index contributed by atoms with van der Waals surface area (Å²) in [7, 11) is 0. The summed E-state index contributed by atoms with van der Waals surface area (Å²) in [4.78, 5) is 61.1. The summed E-state index contributed by atoms with van der Waals surface area (Å²) >= 11 is 7.83. The Morgan fingerprint density at radius 3 is 2.30 bits per heavy atom. The van der Waals surface area contributed by atoms with Crippen molar-refractivity contribution in [1.29, 1.82) is 5.26 Å². The monoisotopic (exact) mass is 952 g/mol. The van der Waals surface area contributed by atoms with E-state index in [-0.39, 0.29) is 59.3 Å². The van der Waals surface area contributed by atoms with Gasteiger partial charge in [0.25, 0.3) is 5.91 Å². The van der Waals surface area contributed by atoms with Crippen molar-refractivity contribution in [3.63, 3.8) is 0 Å². The molecule has 1 aliphatic carbocycles. The van der Waals surface area contributed by atoms with Gasteiger partial charge < -0.3 is 35.1 Å². The van der Waals surface area contributed by atoms with E-state index in [1.54, 1.807) is 58.7 Å². The second-order valence-electron chi connectivity index (χ2n) is 20.0. The van der Waals surface area contributed by atoms with Gasteiger partial charge >= 0.3 is 0 Å². The SMILES string of the molecule is Cc1ncsc1-c1ccc(CNC(=O)[C@@H]2CCCN2C(=O)[C@@H](NC(=O)CO[C@H](C)CCCCOc2ccc(C(=O)N[C@H]3C(C)(C)[C@H](Oc4ccc(C#N)c(Cl)c4)C3(C)C)cc2)C(C)(C)C)cc1. The predicted octanol–water partition coefficient (Wildman–Crippen LogP) is 9.05. The Kier molecular flexibility index (Phi) is 16.4. The molecular weight excluding hydrogens is 888 g/mol. The molecule has 67 heavy (non-hydrogen) atoms. The number of likely N-dealkylation sites (tertiary alicyclic amines) is 1. The summed E-state index contributed by atoms with van der Waals surface area (Å²) in [5.74, 6) is 0.183. The number of halogens is 1. The average Bonchev–Trinajstić information content (AvgIpc) is 3.97. The third kappa shape index (κ3) is 12.4. The van der Waals surface area contributed by atoms with Gasteiger partial charge in [-0.15, -0.1) is 11.3 Å². The largest absolute Gasteiger partial charge is 0.494 e. The molecule has 4 aromatic rings. The highest BCUT2D eigenvalue weighted by Crippen LogP contribution is 2.55. The Bertz CT molecular complexity index is 2410. The quantitative estimate of drug-likeness (QED) is 0.0776. The van der Waals surface area contributed by atoms with Gasteiger partial charge in [0, 0.05) is 41.6 Å². The van der Waals surface area contributed by atoms with Crippen molar-refractivity contribution in [3.05, 3.63) is 99.6 Å². The number of aryl methyl sites for hydroxylation is 1. The maximum atomic E-state index is 14.0. The van der Waals surface area contributed by atoms with Crippen LogP contribution in [0.3, 0.4) is 0 Å². The standard InChI is InChI=1S/C52H65ClN6O7S/c1-32(13-10-11-26-64-38-22-19-36(20-23-38)45(61)58-48-51(6,7)49(52(48,8)9)66-39-24-21-37(28-54)40(53)27-39)65-30-42(60)57-44(50(3,4)5)47(63)59-25-12-14-41(59)46(62)55-29-34-15-17-35(18-16-34)43-33(2)56-31-67-43/h15-24,27,31-32,41,44,48-49H,10-14,25-26,29-30H2,1-9H3,(H,55,62)(H,57,60)(H,58,61)/t32-,41+,44-,48-,49-/m1/s1. The summed E-state index contributed by atoms with van der Waals surface area (Å²) in [5, 5.41) is 18.7. The van der Waals surface area contributed by atoms with Crippen molar-refractivity contribution in [2.45, 2.75) is 131 Å². The van der Waals surface area contributed by atoms with Crippen LogP contribution in [0.5, 0.6) is 11.5 Å². The minimum absolute atomic E-state index is 0.164. The fraction of sp³-hybridized carbons (Fsp3) is 0.500. The molecule has 1 saturated heterocycles. The molecule has 13 nitrogen and oxygen atoms in total. The number of amides is 4. The van der Waals surface area contributed by atoms with Gasteiger partial charge in [-0.3, -0.25) is 19.2 Å². The predicted molar refractivity (Wildman–Crippen MR) is 261 cm³/mol. The summed E-state index contributed by atoms with van der Waals surface area (Å²) < 4.78 is 18.2. The summed E-state index contributed by atoms with van der Waals surface area (Å²) in [5.41, 5.74) is 4.39. The first kappa shape index (κ1) is 50.9. The van der Waals surface area contributed by atoms with Crippen molar-refractivity contribution in [1.82, 2.24) is 25.8 Å². The molecule has 2 aliphatic rings. The van der Waals surface area contributed by atoms with Crippen LogP contribution in [0.15, 0.2) is 72.2 Å². The zero-order valence-electron chi connectivity index (χ0n) is 40.2. The number of aromatic nitrogens is 1. The minimum Gasteiger partial charge on any atom is -0.494 e. The van der Waals surface area contributed by atoms with E-state index in [1.165, 1.54) is 0 Å². The van der Waals surface area contributed by atoms with Crippen LogP contribution in [0.1, 0.15) is 115 Å². The highest BCUT2D eigenvalue weighted by molar-refractivity contribution is 7.13. The lowest BCUT2D eigenvalue weighted by Crippen LogP contribution is -2.74. The van der Waals surface area contributed by atoms with Crippen molar-refractivity contribution in [2.24, 2.45) is 16.2 Å². The Morgan fingerprint density at radius 2 is 1.67 bits per heavy atom. The third-order valence-electron chi connectivity index (χ3n) is 13.0. The van der Waals surface area contributed by atoms with Crippen LogP contribution in [0.4, 0.5) is 0 Å². The zero-order valence-corrected chi connectivity index (χ0v) is 41.7. The summed E-state index contributed by atoms with van der Waals surface area (Å²) in [6, 6.07) is 20.6. The number of nitrogens with zero attached hydrogens (tertiary/aromatic N) is 3. The Balaban J connectivity index is 0.884. The molecule has 1 aromatic heterocycles. The van der Waals surface area contributed by atoms with Gasteiger partial charge in [-0.05, 0) is 98.9 Å². The van der Waals surface area contributed by atoms with Crippen molar-refractivity contribution >= 4 is 46.6 Å². The number of thiazole rings is 1. The van der Waals surface area contributed by atoms with Crippen LogP contribution >= 0.6 is 22.9 Å². The van der Waals surface area contributed by atoms with Crippen molar-refractivity contribution in [2.75, 3.05) is 19.8 Å². The van der Waals surface area contributed by atoms with E-state index in [1.807, 2.05) is 64.4 Å². The average molecular weight is 954 g/mol. The topological polar surface area (TPSA) is 172 Å². The number of rotatable bonds is 19. The van der Waals surface area contributed by atoms with E-state index in [9.17, 15) is 24.4 Å². The van der Waals surface area contributed by atoms with E-state index in [2.05, 4.69) is 54.7 Å². The molecule has 0 radical (unpaired) electrons. The fourth-order valence-electron chi connectivity index (χ4n) is 9.52. The van der Waals surface area contributed by atoms with Crippen LogP contribution in [-0.2, 0) is 25.7 Å². The van der Waals surface area contributed by atoms with Crippen LogP contribution < -0.4 is 25.4 Å². The molecule has 0 bridgehead atoms. The second kappa shape index (κ2) is 21.6. The number of unbranched alkanes of at least 4 members (excludes halogenated alkanes) is 1. The molecule has 3 aromatic carbocycles. The minimum atomic E-state index is -0.840. The number of hydrogen-bond acceptors (Lipinski definition) is 10. The van der Waals surface area contributed by atoms with E-state index in [4.69, 9.17) is 25.8 Å². The first-order chi connectivity index (χ1) is 31.7. The molecule has 1 aliphatic heterocycles. The number of carbonyl (C=O) groups excluding carboxylic acids is 4. The Hall–Kier alpha value is -5.49. The molecule has 0 spiro atoms. The van der Waals surface area contributed by atoms with Gasteiger partial charge in [0.2, 0.25) is 17.7 Å². The van der Waals surface area contributed by atoms with E-state index < -0.39 is 17.5 Å². The van der Waals surface area contributed by atoms with E-state index in [0.29, 0.717) is 66.6 Å². The highest BCUT2D eigenvalue weighted by atomic mass is 35.5. The maximum Gasteiger partial charge on any atom is 0.251 e. The van der Waals surface area contributed by atoms with Gasteiger partial charge in [-0.1, -0.05) is 84.3 Å². The van der Waals surface area contributed by atoms with Gasteiger partial charge in [-0.25, -0.2) is 4.98 Å². The molecule has 2 fully saturated rings. The second-order valence-corrected chi connectivity index (χ2v) is 21.3. The smallest absolute Gasteiger partial charge is 0.251 e. The van der Waals surface area contributed by atoms with Gasteiger partial charge in [0.05, 0.1) is 39.4 Å². The Morgan fingerprint density at radius 1 is 0.985 bits per heavy atom. The van der Waals surface area contributed by atoms with Crippen molar-refractivity contribution < 1.29 is 33.4 Å². The summed E-state index contributed by atoms with van der Waals surface area (Å²) in [6.07, 6.45) is 3.12. The fourth-order valence-corrected chi connectivity index (χ4v) is 10.5. The van der Waals surface area contributed by atoms with Crippen LogP contribution in [0.25, 0.3) is 10.4 Å². The molecule has 2 heterocycles. The lowest BCUT2D eigenvalue weighted by atomic mass is 9.49. The molecule has 0 unspecified atom stereocenters. The molecule has 3 atom stereocenters. The number of hydrogen-bond donors (Lipinski definition) is 3. The summed E-state index contributed by atoms with van der Waals surface area (Å²) in [6.45, 7) is 18.9. The molecule has 1 saturated carbocycles. The first-order valence-corrected chi connectivity index (χ1v) is 24.3. The zero-order chi connectivity index (χ0) is 48.7. The molecule has 4 amide bonds. The molecule has 358 valence electrons. The van der Waals surface area contributed by atoms with Gasteiger partial charge in [0.1, 0.15) is 42.4 Å². The van der Waals surface area contributed by atoms with E-state index in [0.717, 1.165) is 34.5 Å². The lowest BCUT2D eigenvalue weighted by molar-refractivity contribution is -0.164. The lowest BCUT2D eigenvalue weighted by Gasteiger charge is -2.63. The highest BCUT2D eigenvalue weighted by Gasteiger charge is 2.64. The Labute approximate surface area is 404 Å². The molecule has 6 rings (SSSR count). The maximum absolute atomic E-state index is 14.0. The van der Waals surface area contributed by atoms with Crippen molar-refractivity contribution in [3.8, 4) is 28.0 Å². The van der Waals surface area contributed by atoms with Crippen LogP contribution in [-0.4, -0.2) is 83.6 Å². The number of nitriles is 1. The normalized spacial score (nSPS) is 19.3. The molecular formula is C52H65ClN6O7S. The third-order valence-corrected chi connectivity index (χ3v) is 14.3. The molecule has 15 heteroatoms. The van der Waals surface area contributed by atoms with Gasteiger partial charge in [0.15, 0.2) is 0 Å². The number of ether oxygens (including phenoxy) is 3. The van der Waals surface area contributed by atoms with Crippen LogP contribution in [0.2, 0.25) is 5.02 Å². The first-order valence-electron chi connectivity index (χ1n) is 23.1. The molecule has 3 N–H and O–H groups in total. The number of nitrogens with one attached hydrogen (secondary N) is 3. The number of carbonyl (C=O) groups is 4. The van der Waals surface area contributed by atoms with E-state index >= 15 is 0 Å². The van der Waals surface area contributed by atoms with Crippen LogP contribution in [0, 0.1) is 34.5 Å². The van der Waals surface area contributed by atoms with Gasteiger partial charge in [-0.2, -0.15) is 5.26 Å². The number of benzene rings is 3.